The monoisotopic (exact) mass is 281 g/mol. The van der Waals surface area contributed by atoms with E-state index in [0.717, 1.165) is 6.07 Å². The molecule has 0 spiro atoms. The summed E-state index contributed by atoms with van der Waals surface area (Å²) in [5.74, 6) is -1.25. The molecular formula is C12H15N3O5. The first kappa shape index (κ1) is 15.4. The Morgan fingerprint density at radius 2 is 2.05 bits per heavy atom. The molecule has 1 rings (SSSR count). The molecule has 0 radical (unpaired) electrons. The van der Waals surface area contributed by atoms with Gasteiger partial charge < -0.3 is 15.0 Å². The van der Waals surface area contributed by atoms with Crippen molar-refractivity contribution in [1.29, 1.82) is 0 Å². The van der Waals surface area contributed by atoms with Crippen LogP contribution in [0.5, 0.6) is 0 Å². The topological polar surface area (TPSA) is 102 Å². The molecule has 1 aromatic rings. The van der Waals surface area contributed by atoms with Crippen LogP contribution in [0, 0.1) is 10.1 Å². The lowest BCUT2D eigenvalue weighted by molar-refractivity contribution is -0.384. The fourth-order valence-electron chi connectivity index (χ4n) is 1.47. The maximum atomic E-state index is 11.9. The summed E-state index contributed by atoms with van der Waals surface area (Å²) in [4.78, 5) is 34.7. The summed E-state index contributed by atoms with van der Waals surface area (Å²) in [5, 5.41) is 13.0. The molecule has 20 heavy (non-hydrogen) atoms. The Bertz CT molecular complexity index is 542. The highest BCUT2D eigenvalue weighted by molar-refractivity contribution is 5.97. The van der Waals surface area contributed by atoms with Crippen LogP contribution in [-0.4, -0.2) is 44.5 Å². The molecule has 0 fully saturated rings. The van der Waals surface area contributed by atoms with Gasteiger partial charge in [-0.2, -0.15) is 0 Å². The molecule has 0 heterocycles. The maximum absolute atomic E-state index is 11.9. The van der Waals surface area contributed by atoms with Crippen molar-refractivity contribution in [2.24, 2.45) is 0 Å². The van der Waals surface area contributed by atoms with Gasteiger partial charge in [-0.3, -0.25) is 14.9 Å². The average molecular weight is 281 g/mol. The second-order valence-corrected chi connectivity index (χ2v) is 4.10. The Labute approximate surface area is 115 Å². The number of hydrogen-bond acceptors (Lipinski definition) is 6. The van der Waals surface area contributed by atoms with E-state index in [-0.39, 0.29) is 11.3 Å². The molecule has 0 aliphatic carbocycles. The van der Waals surface area contributed by atoms with Crippen molar-refractivity contribution in [2.45, 2.75) is 0 Å². The molecule has 0 saturated heterocycles. The second-order valence-electron chi connectivity index (χ2n) is 4.10. The summed E-state index contributed by atoms with van der Waals surface area (Å²) in [7, 11) is 4.79. The number of nitro benzene ring substituents is 1. The number of likely N-dealkylation sites (N-methyl/N-ethyl adjacent to an activating group) is 1. The normalized spacial score (nSPS) is 9.75. The number of anilines is 1. The van der Waals surface area contributed by atoms with Gasteiger partial charge >= 0.3 is 5.97 Å². The summed E-state index contributed by atoms with van der Waals surface area (Å²) >= 11 is 0. The van der Waals surface area contributed by atoms with E-state index in [1.165, 1.54) is 19.2 Å². The highest BCUT2D eigenvalue weighted by Crippen LogP contribution is 2.24. The quantitative estimate of drug-likeness (QED) is 0.481. The molecule has 8 nitrogen and oxygen atoms in total. The van der Waals surface area contributed by atoms with Crippen LogP contribution in [0.4, 0.5) is 11.4 Å². The first-order valence-corrected chi connectivity index (χ1v) is 5.70. The number of benzene rings is 1. The SMILES string of the molecule is CNC(=O)COC(=O)c1cc([N+](=O)[O-])ccc1N(C)C. The third-order valence-electron chi connectivity index (χ3n) is 2.51. The number of nitro groups is 1. The van der Waals surface area contributed by atoms with E-state index < -0.39 is 23.4 Å². The molecule has 0 saturated carbocycles. The van der Waals surface area contributed by atoms with E-state index in [0.29, 0.717) is 5.69 Å². The van der Waals surface area contributed by atoms with Gasteiger partial charge in [-0.1, -0.05) is 0 Å². The Balaban J connectivity index is 3.06. The predicted molar refractivity (Wildman–Crippen MR) is 71.8 cm³/mol. The summed E-state index contributed by atoms with van der Waals surface area (Å²) in [6, 6.07) is 3.88. The number of non-ortho nitro benzene ring substituents is 1. The number of carbonyl (C=O) groups is 2. The number of carbonyl (C=O) groups excluding carboxylic acids is 2. The third kappa shape index (κ3) is 3.67. The van der Waals surface area contributed by atoms with Crippen LogP contribution < -0.4 is 10.2 Å². The molecule has 0 aliphatic rings. The molecule has 1 aromatic carbocycles. The second kappa shape index (κ2) is 6.50. The van der Waals surface area contributed by atoms with E-state index in [1.807, 2.05) is 0 Å². The van der Waals surface area contributed by atoms with E-state index >= 15 is 0 Å². The summed E-state index contributed by atoms with van der Waals surface area (Å²) in [6.07, 6.45) is 0. The number of nitrogens with one attached hydrogen (secondary N) is 1. The fraction of sp³-hybridized carbons (Fsp3) is 0.333. The van der Waals surface area contributed by atoms with E-state index in [2.05, 4.69) is 5.32 Å². The van der Waals surface area contributed by atoms with Crippen molar-refractivity contribution in [2.75, 3.05) is 32.6 Å². The van der Waals surface area contributed by atoms with Gasteiger partial charge in [0.2, 0.25) is 0 Å². The van der Waals surface area contributed by atoms with Gasteiger partial charge in [0.05, 0.1) is 16.2 Å². The molecule has 0 aliphatic heterocycles. The lowest BCUT2D eigenvalue weighted by atomic mass is 10.1. The van der Waals surface area contributed by atoms with Gasteiger partial charge in [0, 0.05) is 33.3 Å². The number of rotatable bonds is 5. The largest absolute Gasteiger partial charge is 0.452 e. The molecular weight excluding hydrogens is 266 g/mol. The highest BCUT2D eigenvalue weighted by Gasteiger charge is 2.19. The molecule has 0 atom stereocenters. The minimum Gasteiger partial charge on any atom is -0.452 e. The van der Waals surface area contributed by atoms with Gasteiger partial charge in [-0.05, 0) is 6.07 Å². The van der Waals surface area contributed by atoms with Crippen LogP contribution in [0.3, 0.4) is 0 Å². The zero-order chi connectivity index (χ0) is 15.3. The van der Waals surface area contributed by atoms with Crippen molar-refractivity contribution in [3.8, 4) is 0 Å². The molecule has 0 aromatic heterocycles. The smallest absolute Gasteiger partial charge is 0.341 e. The highest BCUT2D eigenvalue weighted by atomic mass is 16.6. The van der Waals surface area contributed by atoms with Gasteiger partial charge in [0.25, 0.3) is 11.6 Å². The lowest BCUT2D eigenvalue weighted by Gasteiger charge is -2.16. The minimum absolute atomic E-state index is 0.0353. The van der Waals surface area contributed by atoms with Crippen LogP contribution in [0.15, 0.2) is 18.2 Å². The molecule has 0 unspecified atom stereocenters. The molecule has 1 N–H and O–H groups in total. The Morgan fingerprint density at radius 3 is 2.55 bits per heavy atom. The molecule has 8 heteroatoms. The summed E-state index contributed by atoms with van der Waals surface area (Å²) in [6.45, 7) is -0.440. The maximum Gasteiger partial charge on any atom is 0.341 e. The predicted octanol–water partition coefficient (Wildman–Crippen LogP) is 0.564. The molecule has 1 amide bonds. The van der Waals surface area contributed by atoms with Crippen LogP contribution >= 0.6 is 0 Å². The Hall–Kier alpha value is -2.64. The third-order valence-corrected chi connectivity index (χ3v) is 2.51. The summed E-state index contributed by atoms with van der Waals surface area (Å²) < 4.78 is 4.81. The van der Waals surface area contributed by atoms with E-state index in [1.54, 1.807) is 19.0 Å². The van der Waals surface area contributed by atoms with Gasteiger partial charge in [0.15, 0.2) is 6.61 Å². The minimum atomic E-state index is -0.791. The van der Waals surface area contributed by atoms with Crippen molar-refractivity contribution >= 4 is 23.3 Å². The van der Waals surface area contributed by atoms with E-state index in [9.17, 15) is 19.7 Å². The van der Waals surface area contributed by atoms with Crippen molar-refractivity contribution in [1.82, 2.24) is 5.32 Å². The van der Waals surface area contributed by atoms with Gasteiger partial charge in [0.1, 0.15) is 0 Å². The van der Waals surface area contributed by atoms with Crippen LogP contribution in [0.25, 0.3) is 0 Å². The van der Waals surface area contributed by atoms with Gasteiger partial charge in [-0.15, -0.1) is 0 Å². The first-order valence-electron chi connectivity index (χ1n) is 5.70. The van der Waals surface area contributed by atoms with Crippen LogP contribution in [0.1, 0.15) is 10.4 Å². The lowest BCUT2D eigenvalue weighted by Crippen LogP contribution is -2.25. The first-order chi connectivity index (χ1) is 9.36. The standard InChI is InChI=1S/C12H15N3O5/c1-13-11(16)7-20-12(17)9-6-8(15(18)19)4-5-10(9)14(2)3/h4-6H,7H2,1-3H3,(H,13,16). The van der Waals surface area contributed by atoms with E-state index in [4.69, 9.17) is 4.74 Å². The summed E-state index contributed by atoms with van der Waals surface area (Å²) in [5.41, 5.74) is 0.285. The Kier molecular flexibility index (Phi) is 5.01. The number of hydrogen-bond donors (Lipinski definition) is 1. The fourth-order valence-corrected chi connectivity index (χ4v) is 1.47. The number of amides is 1. The number of nitrogens with zero attached hydrogens (tertiary/aromatic N) is 2. The number of ether oxygens (including phenoxy) is 1. The molecule has 0 bridgehead atoms. The van der Waals surface area contributed by atoms with Crippen molar-refractivity contribution in [3.63, 3.8) is 0 Å². The Morgan fingerprint density at radius 1 is 1.40 bits per heavy atom. The van der Waals surface area contributed by atoms with Gasteiger partial charge in [-0.25, -0.2) is 4.79 Å². The van der Waals surface area contributed by atoms with Crippen LogP contribution in [-0.2, 0) is 9.53 Å². The zero-order valence-electron chi connectivity index (χ0n) is 11.4. The number of esters is 1. The average Bonchev–Trinajstić information content (AvgIpc) is 2.43. The molecule has 108 valence electrons. The van der Waals surface area contributed by atoms with Crippen LogP contribution in [0.2, 0.25) is 0 Å². The van der Waals surface area contributed by atoms with Crippen molar-refractivity contribution < 1.29 is 19.2 Å². The van der Waals surface area contributed by atoms with Crippen molar-refractivity contribution in [3.05, 3.63) is 33.9 Å². The zero-order valence-corrected chi connectivity index (χ0v) is 11.4.